The van der Waals surface area contributed by atoms with Crippen LogP contribution in [0.5, 0.6) is 0 Å². The average molecular weight is 388 g/mol. The summed E-state index contributed by atoms with van der Waals surface area (Å²) in [4.78, 5) is 26.6. The number of halogens is 1. The van der Waals surface area contributed by atoms with E-state index in [9.17, 15) is 9.59 Å². The van der Waals surface area contributed by atoms with E-state index in [1.54, 1.807) is 21.8 Å². The average Bonchev–Trinajstić information content (AvgIpc) is 2.90. The van der Waals surface area contributed by atoms with Crippen molar-refractivity contribution in [1.29, 1.82) is 0 Å². The molecule has 2 heterocycles. The number of aromatic nitrogens is 2. The van der Waals surface area contributed by atoms with Crippen molar-refractivity contribution in [2.45, 2.75) is 32.2 Å². The molecule has 1 aliphatic heterocycles. The van der Waals surface area contributed by atoms with Crippen molar-refractivity contribution in [3.63, 3.8) is 0 Å². The number of anilines is 3. The second-order valence-electron chi connectivity index (χ2n) is 7.30. The number of nitrogens with two attached hydrogens (primary N) is 1. The van der Waals surface area contributed by atoms with Crippen LogP contribution in [0, 0.1) is 11.8 Å². The minimum Gasteiger partial charge on any atom is -0.369 e. The molecule has 7 nitrogen and oxygen atoms in total. The zero-order chi connectivity index (χ0) is 19.1. The number of nitrogens with one attached hydrogen (secondary N) is 1. The van der Waals surface area contributed by atoms with Crippen LogP contribution in [0.25, 0.3) is 0 Å². The van der Waals surface area contributed by atoms with Crippen LogP contribution >= 0.6 is 11.6 Å². The summed E-state index contributed by atoms with van der Waals surface area (Å²) >= 11 is 6.18. The number of nitrogens with zero attached hydrogens (tertiary/aromatic N) is 3. The number of carbonyl (C=O) groups is 2. The second kappa shape index (κ2) is 6.88. The highest BCUT2D eigenvalue weighted by Gasteiger charge is 2.34. The van der Waals surface area contributed by atoms with Crippen LogP contribution in [-0.2, 0) is 23.2 Å². The molecule has 2 aromatic rings. The van der Waals surface area contributed by atoms with Crippen molar-refractivity contribution in [2.24, 2.45) is 24.6 Å². The van der Waals surface area contributed by atoms with Gasteiger partial charge in [-0.1, -0.05) is 11.6 Å². The molecule has 1 aromatic heterocycles. The fourth-order valence-electron chi connectivity index (χ4n) is 4.03. The maximum Gasteiger partial charge on any atom is 0.230 e. The van der Waals surface area contributed by atoms with E-state index in [2.05, 4.69) is 10.4 Å². The largest absolute Gasteiger partial charge is 0.369 e. The predicted molar refractivity (Wildman–Crippen MR) is 104 cm³/mol. The number of carbonyl (C=O) groups excluding carboxylic acids is 2. The minimum atomic E-state index is -0.264. The summed E-state index contributed by atoms with van der Waals surface area (Å²) in [6, 6.07) is 5.49. The summed E-state index contributed by atoms with van der Waals surface area (Å²) in [5.74, 6) is 0.435. The van der Waals surface area contributed by atoms with E-state index in [1.807, 2.05) is 19.2 Å². The van der Waals surface area contributed by atoms with Crippen molar-refractivity contribution in [3.8, 4) is 0 Å². The summed E-state index contributed by atoms with van der Waals surface area (Å²) in [5.41, 5.74) is 7.95. The lowest BCUT2D eigenvalue weighted by atomic mass is 9.81. The number of rotatable bonds is 2. The standard InChI is InChI=1S/C19H22ClN5O2/c1-24-18-13(9-22-24)10-25(16-7-6-14(20)8-15(16)23-18)19(27)12-4-2-11(3-5-12)17(21)26/h6-9,11-12,23H,2-5,10H2,1H3,(H2,21,26). The van der Waals surface area contributed by atoms with Gasteiger partial charge in [-0.05, 0) is 43.9 Å². The Labute approximate surface area is 162 Å². The van der Waals surface area contributed by atoms with Crippen molar-refractivity contribution < 1.29 is 9.59 Å². The van der Waals surface area contributed by atoms with Gasteiger partial charge in [-0.25, -0.2) is 0 Å². The van der Waals surface area contributed by atoms with Gasteiger partial charge >= 0.3 is 0 Å². The van der Waals surface area contributed by atoms with Crippen molar-refractivity contribution in [3.05, 3.63) is 35.0 Å². The van der Waals surface area contributed by atoms with Gasteiger partial charge in [0.2, 0.25) is 11.8 Å². The first-order valence-corrected chi connectivity index (χ1v) is 9.50. The third-order valence-electron chi connectivity index (χ3n) is 5.59. The van der Waals surface area contributed by atoms with Crippen molar-refractivity contribution >= 4 is 40.6 Å². The first-order chi connectivity index (χ1) is 12.9. The Bertz CT molecular complexity index is 902. The van der Waals surface area contributed by atoms with E-state index in [1.165, 1.54) is 0 Å². The lowest BCUT2D eigenvalue weighted by molar-refractivity contribution is -0.127. The quantitative estimate of drug-likeness (QED) is 0.828. The van der Waals surface area contributed by atoms with Gasteiger partial charge in [0.1, 0.15) is 5.82 Å². The molecule has 0 spiro atoms. The summed E-state index contributed by atoms with van der Waals surface area (Å²) in [7, 11) is 1.86. The molecule has 0 bridgehead atoms. The Morgan fingerprint density at radius 2 is 1.93 bits per heavy atom. The molecule has 27 heavy (non-hydrogen) atoms. The Morgan fingerprint density at radius 1 is 1.22 bits per heavy atom. The Morgan fingerprint density at radius 3 is 2.63 bits per heavy atom. The van der Waals surface area contributed by atoms with E-state index < -0.39 is 0 Å². The molecule has 1 aromatic carbocycles. The van der Waals surface area contributed by atoms with E-state index in [4.69, 9.17) is 17.3 Å². The van der Waals surface area contributed by atoms with Crippen LogP contribution in [0.15, 0.2) is 24.4 Å². The summed E-state index contributed by atoms with van der Waals surface area (Å²) in [5, 5.41) is 8.26. The van der Waals surface area contributed by atoms with E-state index in [0.29, 0.717) is 37.3 Å². The highest BCUT2D eigenvalue weighted by Crippen LogP contribution is 2.39. The molecule has 142 valence electrons. The van der Waals surface area contributed by atoms with Gasteiger partial charge in [0.15, 0.2) is 0 Å². The zero-order valence-electron chi connectivity index (χ0n) is 15.1. The number of fused-ring (bicyclic) bond motifs is 2. The maximum absolute atomic E-state index is 13.4. The Kier molecular flexibility index (Phi) is 4.55. The second-order valence-corrected chi connectivity index (χ2v) is 7.74. The van der Waals surface area contributed by atoms with E-state index in [-0.39, 0.29) is 23.7 Å². The summed E-state index contributed by atoms with van der Waals surface area (Å²) in [6.07, 6.45) is 4.48. The lowest BCUT2D eigenvalue weighted by Crippen LogP contribution is -2.38. The van der Waals surface area contributed by atoms with Gasteiger partial charge in [-0.3, -0.25) is 14.3 Å². The molecule has 0 radical (unpaired) electrons. The van der Waals surface area contributed by atoms with Gasteiger partial charge in [-0.15, -0.1) is 0 Å². The van der Waals surface area contributed by atoms with Gasteiger partial charge in [-0.2, -0.15) is 5.10 Å². The fourth-order valence-corrected chi connectivity index (χ4v) is 4.20. The predicted octanol–water partition coefficient (Wildman–Crippen LogP) is 2.96. The Balaban J connectivity index is 1.65. The number of benzene rings is 1. The maximum atomic E-state index is 13.4. The molecular formula is C19H22ClN5O2. The van der Waals surface area contributed by atoms with Crippen LogP contribution in [0.1, 0.15) is 31.2 Å². The topological polar surface area (TPSA) is 93.2 Å². The number of hydrogen-bond donors (Lipinski definition) is 2. The zero-order valence-corrected chi connectivity index (χ0v) is 15.9. The molecular weight excluding hydrogens is 366 g/mol. The normalized spacial score (nSPS) is 21.6. The van der Waals surface area contributed by atoms with Gasteiger partial charge < -0.3 is 16.0 Å². The molecule has 2 aliphatic rings. The molecule has 0 atom stereocenters. The lowest BCUT2D eigenvalue weighted by Gasteiger charge is -2.31. The number of amides is 2. The first kappa shape index (κ1) is 17.9. The molecule has 4 rings (SSSR count). The SMILES string of the molecule is Cn1ncc2c1Nc1cc(Cl)ccc1N(C(=O)C1CCC(C(N)=O)CC1)C2. The van der Waals surface area contributed by atoms with Gasteiger partial charge in [0, 0.05) is 29.5 Å². The van der Waals surface area contributed by atoms with Crippen LogP contribution in [-0.4, -0.2) is 21.6 Å². The Hall–Kier alpha value is -2.54. The van der Waals surface area contributed by atoms with Crippen molar-refractivity contribution in [2.75, 3.05) is 10.2 Å². The van der Waals surface area contributed by atoms with Crippen LogP contribution in [0.3, 0.4) is 0 Å². The van der Waals surface area contributed by atoms with Gasteiger partial charge in [0.25, 0.3) is 0 Å². The van der Waals surface area contributed by atoms with Crippen LogP contribution in [0.4, 0.5) is 17.2 Å². The van der Waals surface area contributed by atoms with Crippen LogP contribution in [0.2, 0.25) is 5.02 Å². The molecule has 0 saturated heterocycles. The highest BCUT2D eigenvalue weighted by atomic mass is 35.5. The molecule has 8 heteroatoms. The number of aryl methyl sites for hydroxylation is 1. The minimum absolute atomic E-state index is 0.0694. The molecule has 3 N–H and O–H groups in total. The smallest absolute Gasteiger partial charge is 0.230 e. The third-order valence-corrected chi connectivity index (χ3v) is 5.83. The monoisotopic (exact) mass is 387 g/mol. The molecule has 2 amide bonds. The van der Waals surface area contributed by atoms with Crippen LogP contribution < -0.4 is 16.0 Å². The van der Waals surface area contributed by atoms with E-state index >= 15 is 0 Å². The highest BCUT2D eigenvalue weighted by molar-refractivity contribution is 6.31. The number of hydrogen-bond acceptors (Lipinski definition) is 4. The van der Waals surface area contributed by atoms with Crippen molar-refractivity contribution in [1.82, 2.24) is 9.78 Å². The third kappa shape index (κ3) is 3.27. The number of primary amides is 1. The molecule has 1 saturated carbocycles. The summed E-state index contributed by atoms with van der Waals surface area (Å²) < 4.78 is 1.76. The first-order valence-electron chi connectivity index (χ1n) is 9.12. The van der Waals surface area contributed by atoms with E-state index in [0.717, 1.165) is 22.8 Å². The molecule has 0 unspecified atom stereocenters. The molecule has 1 aliphatic carbocycles. The van der Waals surface area contributed by atoms with Gasteiger partial charge in [0.05, 0.1) is 24.1 Å². The molecule has 1 fully saturated rings. The summed E-state index contributed by atoms with van der Waals surface area (Å²) in [6.45, 7) is 0.444. The fraction of sp³-hybridized carbons (Fsp3) is 0.421.